The molecule has 7 heteroatoms. The Kier molecular flexibility index (Phi) is 4.09. The van der Waals surface area contributed by atoms with E-state index in [2.05, 4.69) is 10.0 Å². The Bertz CT molecular complexity index is 586. The third kappa shape index (κ3) is 3.85. The second-order valence-electron chi connectivity index (χ2n) is 6.15. The molecule has 1 saturated carbocycles. The van der Waals surface area contributed by atoms with Crippen LogP contribution in [0.15, 0.2) is 21.6 Å². The lowest BCUT2D eigenvalue weighted by Crippen LogP contribution is -2.49. The van der Waals surface area contributed by atoms with Crippen LogP contribution in [0.3, 0.4) is 0 Å². The molecule has 2 N–H and O–H groups in total. The fourth-order valence-corrected chi connectivity index (χ4v) is 3.85. The van der Waals surface area contributed by atoms with Gasteiger partial charge in [0.2, 0.25) is 5.09 Å². The highest BCUT2D eigenvalue weighted by atomic mass is 32.2. The van der Waals surface area contributed by atoms with Gasteiger partial charge in [0.25, 0.3) is 10.0 Å². The zero-order valence-electron chi connectivity index (χ0n) is 12.2. The van der Waals surface area contributed by atoms with E-state index in [1.54, 1.807) is 6.07 Å². The minimum atomic E-state index is -3.62. The van der Waals surface area contributed by atoms with Crippen molar-refractivity contribution in [3.63, 3.8) is 0 Å². The van der Waals surface area contributed by atoms with E-state index in [0.717, 1.165) is 0 Å². The minimum absolute atomic E-state index is 0.0113. The zero-order valence-corrected chi connectivity index (χ0v) is 13.0. The molecule has 0 bridgehead atoms. The number of nitrogens with one attached hydrogen (secondary N) is 2. The molecule has 1 aromatic rings. The lowest BCUT2D eigenvalue weighted by atomic mass is 9.94. The van der Waals surface area contributed by atoms with Gasteiger partial charge in [-0.2, -0.15) is 0 Å². The first-order valence-corrected chi connectivity index (χ1v) is 8.89. The number of ether oxygens (including phenoxy) is 1. The van der Waals surface area contributed by atoms with Crippen LogP contribution in [0.5, 0.6) is 0 Å². The second kappa shape index (κ2) is 5.72. The molecule has 3 rings (SSSR count). The lowest BCUT2D eigenvalue weighted by Gasteiger charge is -2.33. The summed E-state index contributed by atoms with van der Waals surface area (Å²) in [6.07, 6.45) is 3.72. The van der Waals surface area contributed by atoms with Crippen LogP contribution >= 0.6 is 0 Å². The van der Waals surface area contributed by atoms with Crippen molar-refractivity contribution in [3.05, 3.63) is 17.9 Å². The number of furan rings is 1. The topological polar surface area (TPSA) is 80.6 Å². The highest BCUT2D eigenvalue weighted by Crippen LogP contribution is 2.24. The first-order chi connectivity index (χ1) is 9.97. The van der Waals surface area contributed by atoms with E-state index >= 15 is 0 Å². The maximum Gasteiger partial charge on any atom is 0.274 e. The standard InChI is InChI=1S/C14H22N2O4S/c1-14(6-8-19-9-7-14)16-21(17,18)13-5-4-12(20-13)10-15-11-2-3-11/h4-5,11,15-16H,2-3,6-10H2,1H3. The van der Waals surface area contributed by atoms with Gasteiger partial charge in [0.1, 0.15) is 5.76 Å². The molecular formula is C14H22N2O4S. The van der Waals surface area contributed by atoms with Crippen molar-refractivity contribution in [2.75, 3.05) is 13.2 Å². The van der Waals surface area contributed by atoms with Gasteiger partial charge in [-0.15, -0.1) is 0 Å². The van der Waals surface area contributed by atoms with E-state index in [-0.39, 0.29) is 5.09 Å². The van der Waals surface area contributed by atoms with Crippen LogP contribution < -0.4 is 10.0 Å². The smallest absolute Gasteiger partial charge is 0.274 e. The van der Waals surface area contributed by atoms with Crippen molar-refractivity contribution < 1.29 is 17.6 Å². The van der Waals surface area contributed by atoms with Crippen LogP contribution in [-0.4, -0.2) is 33.2 Å². The summed E-state index contributed by atoms with van der Waals surface area (Å²) in [5.74, 6) is 0.652. The predicted molar refractivity (Wildman–Crippen MR) is 77.3 cm³/mol. The van der Waals surface area contributed by atoms with Crippen molar-refractivity contribution in [1.29, 1.82) is 0 Å². The largest absolute Gasteiger partial charge is 0.447 e. The molecule has 1 saturated heterocycles. The summed E-state index contributed by atoms with van der Waals surface area (Å²) in [6, 6.07) is 3.81. The van der Waals surface area contributed by atoms with E-state index in [9.17, 15) is 8.42 Å². The molecule has 1 aromatic heterocycles. The molecule has 0 radical (unpaired) electrons. The average Bonchev–Trinajstić information content (AvgIpc) is 3.12. The molecule has 0 unspecified atom stereocenters. The molecule has 2 aliphatic rings. The molecule has 0 spiro atoms. The van der Waals surface area contributed by atoms with E-state index in [4.69, 9.17) is 9.15 Å². The fraction of sp³-hybridized carbons (Fsp3) is 0.714. The van der Waals surface area contributed by atoms with Crippen molar-refractivity contribution in [3.8, 4) is 0 Å². The van der Waals surface area contributed by atoms with Gasteiger partial charge >= 0.3 is 0 Å². The molecule has 1 aliphatic heterocycles. The van der Waals surface area contributed by atoms with Crippen molar-refractivity contribution in [2.24, 2.45) is 0 Å². The number of hydrogen-bond donors (Lipinski definition) is 2. The molecule has 0 atom stereocenters. The Balaban J connectivity index is 1.65. The fourth-order valence-electron chi connectivity index (χ4n) is 2.43. The summed E-state index contributed by atoms with van der Waals surface area (Å²) in [6.45, 7) is 3.64. The van der Waals surface area contributed by atoms with Crippen molar-refractivity contribution in [1.82, 2.24) is 10.0 Å². The zero-order chi connectivity index (χ0) is 14.9. The van der Waals surface area contributed by atoms with Crippen LogP contribution in [0.4, 0.5) is 0 Å². The molecule has 6 nitrogen and oxygen atoms in total. The molecule has 21 heavy (non-hydrogen) atoms. The molecule has 2 heterocycles. The van der Waals surface area contributed by atoms with Crippen molar-refractivity contribution >= 4 is 10.0 Å². The van der Waals surface area contributed by atoms with Gasteiger partial charge in [0.15, 0.2) is 0 Å². The van der Waals surface area contributed by atoms with Gasteiger partial charge in [-0.05, 0) is 44.7 Å². The Morgan fingerprint density at radius 2 is 2.00 bits per heavy atom. The van der Waals surface area contributed by atoms with Gasteiger partial charge in [-0.25, -0.2) is 13.1 Å². The van der Waals surface area contributed by atoms with Crippen LogP contribution in [0, 0.1) is 0 Å². The monoisotopic (exact) mass is 314 g/mol. The molecule has 1 aliphatic carbocycles. The van der Waals surface area contributed by atoms with E-state index in [1.807, 2.05) is 6.92 Å². The number of rotatable bonds is 6. The van der Waals surface area contributed by atoms with E-state index in [1.165, 1.54) is 18.9 Å². The molecule has 2 fully saturated rings. The van der Waals surface area contributed by atoms with E-state index in [0.29, 0.717) is 44.4 Å². The van der Waals surface area contributed by atoms with Crippen molar-refractivity contribution in [2.45, 2.75) is 55.8 Å². The highest BCUT2D eigenvalue weighted by molar-refractivity contribution is 7.89. The van der Waals surface area contributed by atoms with Gasteiger partial charge in [0.05, 0.1) is 6.54 Å². The Morgan fingerprint density at radius 3 is 2.67 bits per heavy atom. The highest BCUT2D eigenvalue weighted by Gasteiger charge is 2.34. The van der Waals surface area contributed by atoms with Gasteiger partial charge in [0, 0.05) is 24.8 Å². The molecule has 118 valence electrons. The quantitative estimate of drug-likeness (QED) is 0.829. The van der Waals surface area contributed by atoms with Gasteiger partial charge in [-0.3, -0.25) is 0 Å². The third-order valence-corrected chi connectivity index (χ3v) is 5.53. The Morgan fingerprint density at radius 1 is 1.29 bits per heavy atom. The van der Waals surface area contributed by atoms with E-state index < -0.39 is 15.6 Å². The number of hydrogen-bond acceptors (Lipinski definition) is 5. The van der Waals surface area contributed by atoms with Crippen LogP contribution in [-0.2, 0) is 21.3 Å². The third-order valence-electron chi connectivity index (χ3n) is 4.02. The molecule has 0 aromatic carbocycles. The van der Waals surface area contributed by atoms with Crippen LogP contribution in [0.1, 0.15) is 38.4 Å². The first kappa shape index (κ1) is 15.0. The van der Waals surface area contributed by atoms with Gasteiger partial charge in [-0.1, -0.05) is 0 Å². The second-order valence-corrected chi connectivity index (χ2v) is 7.77. The Labute approximate surface area is 125 Å². The van der Waals surface area contributed by atoms with Gasteiger partial charge < -0.3 is 14.5 Å². The minimum Gasteiger partial charge on any atom is -0.447 e. The summed E-state index contributed by atoms with van der Waals surface area (Å²) >= 11 is 0. The first-order valence-electron chi connectivity index (χ1n) is 7.41. The predicted octanol–water partition coefficient (Wildman–Crippen LogP) is 1.38. The SMILES string of the molecule is CC1(NS(=O)(=O)c2ccc(CNC3CC3)o2)CCOCC1. The average molecular weight is 314 g/mol. The summed E-state index contributed by atoms with van der Waals surface area (Å²) < 4.78 is 38.3. The Hall–Kier alpha value is -0.890. The lowest BCUT2D eigenvalue weighted by molar-refractivity contribution is 0.0536. The molecular weight excluding hydrogens is 292 g/mol. The molecule has 0 amide bonds. The summed E-state index contributed by atoms with van der Waals surface area (Å²) in [5, 5.41) is 3.29. The maximum atomic E-state index is 12.4. The normalized spacial score (nSPS) is 22.3. The number of sulfonamides is 1. The summed E-state index contributed by atoms with van der Waals surface area (Å²) in [7, 11) is -3.62. The van der Waals surface area contributed by atoms with Crippen LogP contribution in [0.2, 0.25) is 0 Å². The summed E-state index contributed by atoms with van der Waals surface area (Å²) in [5.41, 5.74) is -0.462. The summed E-state index contributed by atoms with van der Waals surface area (Å²) in [4.78, 5) is 0. The maximum absolute atomic E-state index is 12.4. The van der Waals surface area contributed by atoms with Crippen LogP contribution in [0.25, 0.3) is 0 Å².